The molecule has 4 rings (SSSR count). The number of aromatic nitrogens is 2. The SMILES string of the molecule is CCCCc1nc(C)nc(Oc2ccc(OCCOC)c(OC)c2)c1Cc1ccc(-c2ccccc2C#N)cc1. The van der Waals surface area contributed by atoms with Gasteiger partial charge in [0.05, 0.1) is 31.0 Å². The van der Waals surface area contributed by atoms with Gasteiger partial charge in [-0.25, -0.2) is 4.98 Å². The maximum atomic E-state index is 9.50. The topological polar surface area (TPSA) is 86.5 Å². The molecular weight excluding hydrogens is 502 g/mol. The van der Waals surface area contributed by atoms with E-state index in [2.05, 4.69) is 37.3 Å². The molecule has 0 radical (unpaired) electrons. The third-order valence-electron chi connectivity index (χ3n) is 6.52. The van der Waals surface area contributed by atoms with Gasteiger partial charge in [0.15, 0.2) is 11.5 Å². The van der Waals surface area contributed by atoms with Gasteiger partial charge in [-0.15, -0.1) is 0 Å². The van der Waals surface area contributed by atoms with Crippen LogP contribution in [0.15, 0.2) is 66.7 Å². The Hall–Kier alpha value is -4.41. The van der Waals surface area contributed by atoms with Gasteiger partial charge < -0.3 is 18.9 Å². The van der Waals surface area contributed by atoms with Crippen molar-refractivity contribution in [2.75, 3.05) is 27.4 Å². The Bertz CT molecular complexity index is 1460. The lowest BCUT2D eigenvalue weighted by Crippen LogP contribution is -2.07. The smallest absolute Gasteiger partial charge is 0.226 e. The highest BCUT2D eigenvalue weighted by molar-refractivity contribution is 5.70. The first-order valence-electron chi connectivity index (χ1n) is 13.5. The average molecular weight is 538 g/mol. The summed E-state index contributed by atoms with van der Waals surface area (Å²) >= 11 is 0. The molecule has 0 aliphatic heterocycles. The lowest BCUT2D eigenvalue weighted by Gasteiger charge is -2.17. The number of nitriles is 1. The van der Waals surface area contributed by atoms with Crippen LogP contribution < -0.4 is 14.2 Å². The molecule has 0 atom stereocenters. The average Bonchev–Trinajstić information content (AvgIpc) is 2.98. The van der Waals surface area contributed by atoms with Crippen molar-refractivity contribution in [2.24, 2.45) is 0 Å². The zero-order valence-electron chi connectivity index (χ0n) is 23.6. The summed E-state index contributed by atoms with van der Waals surface area (Å²) in [5, 5.41) is 9.50. The summed E-state index contributed by atoms with van der Waals surface area (Å²) in [6.07, 6.45) is 3.54. The van der Waals surface area contributed by atoms with Crippen molar-refractivity contribution < 1.29 is 18.9 Å². The van der Waals surface area contributed by atoms with Crippen molar-refractivity contribution in [2.45, 2.75) is 39.5 Å². The molecule has 0 fully saturated rings. The van der Waals surface area contributed by atoms with E-state index in [4.69, 9.17) is 28.9 Å². The molecule has 4 aromatic rings. The van der Waals surface area contributed by atoms with Crippen LogP contribution in [0.2, 0.25) is 0 Å². The Labute approximate surface area is 236 Å². The molecule has 206 valence electrons. The Morgan fingerprint density at radius 3 is 2.42 bits per heavy atom. The number of hydrogen-bond acceptors (Lipinski definition) is 7. The fourth-order valence-corrected chi connectivity index (χ4v) is 4.45. The van der Waals surface area contributed by atoms with E-state index in [0.717, 1.165) is 47.2 Å². The van der Waals surface area contributed by atoms with E-state index in [0.29, 0.717) is 54.2 Å². The van der Waals surface area contributed by atoms with Gasteiger partial charge in [-0.05, 0) is 54.7 Å². The van der Waals surface area contributed by atoms with E-state index in [1.165, 1.54) is 0 Å². The van der Waals surface area contributed by atoms with Crippen molar-refractivity contribution in [3.63, 3.8) is 0 Å². The van der Waals surface area contributed by atoms with Crippen LogP contribution in [0.3, 0.4) is 0 Å². The first kappa shape index (κ1) is 28.6. The fraction of sp³-hybridized carbons (Fsp3) is 0.303. The van der Waals surface area contributed by atoms with Crippen molar-refractivity contribution in [3.8, 4) is 40.3 Å². The van der Waals surface area contributed by atoms with Gasteiger partial charge in [0.1, 0.15) is 18.2 Å². The van der Waals surface area contributed by atoms with Crippen molar-refractivity contribution in [3.05, 3.63) is 94.9 Å². The summed E-state index contributed by atoms with van der Waals surface area (Å²) in [7, 11) is 3.24. The Kier molecular flexibility index (Phi) is 10.1. The minimum absolute atomic E-state index is 0.421. The maximum Gasteiger partial charge on any atom is 0.226 e. The third-order valence-corrected chi connectivity index (χ3v) is 6.52. The largest absolute Gasteiger partial charge is 0.493 e. The number of rotatable bonds is 13. The number of methoxy groups -OCH3 is 2. The zero-order valence-corrected chi connectivity index (χ0v) is 23.6. The predicted molar refractivity (Wildman–Crippen MR) is 155 cm³/mol. The second-order valence-electron chi connectivity index (χ2n) is 9.39. The number of aryl methyl sites for hydroxylation is 2. The van der Waals surface area contributed by atoms with Gasteiger partial charge in [-0.2, -0.15) is 10.2 Å². The standard InChI is InChI=1S/C33H35N3O4/c1-5-6-11-30-29(20-24-12-14-25(15-13-24)28-10-8-7-9-26(28)22-34)33(36-23(2)35-30)40-27-16-17-31(32(21-27)38-4)39-19-18-37-3/h7-10,12-17,21H,5-6,11,18-20H2,1-4H3. The molecule has 0 unspecified atom stereocenters. The molecule has 3 aromatic carbocycles. The number of ether oxygens (including phenoxy) is 4. The Balaban J connectivity index is 1.65. The lowest BCUT2D eigenvalue weighted by atomic mass is 9.96. The van der Waals surface area contributed by atoms with Crippen molar-refractivity contribution in [1.29, 1.82) is 5.26 Å². The first-order chi connectivity index (χ1) is 19.6. The molecule has 0 bridgehead atoms. The number of benzene rings is 3. The maximum absolute atomic E-state index is 9.50. The summed E-state index contributed by atoms with van der Waals surface area (Å²) in [4.78, 5) is 9.50. The normalized spacial score (nSPS) is 10.7. The second-order valence-corrected chi connectivity index (χ2v) is 9.39. The van der Waals surface area contributed by atoms with E-state index in [-0.39, 0.29) is 0 Å². The van der Waals surface area contributed by atoms with Crippen LogP contribution in [0.5, 0.6) is 23.1 Å². The quantitative estimate of drug-likeness (QED) is 0.168. The molecule has 1 aromatic heterocycles. The minimum Gasteiger partial charge on any atom is -0.493 e. The molecule has 40 heavy (non-hydrogen) atoms. The molecule has 0 amide bonds. The van der Waals surface area contributed by atoms with Crippen LogP contribution in [0, 0.1) is 18.3 Å². The molecule has 7 heteroatoms. The van der Waals surface area contributed by atoms with Crippen LogP contribution in [0.4, 0.5) is 0 Å². The Morgan fingerprint density at radius 1 is 0.900 bits per heavy atom. The predicted octanol–water partition coefficient (Wildman–Crippen LogP) is 7.08. The summed E-state index contributed by atoms with van der Waals surface area (Å²) in [6.45, 7) is 4.97. The zero-order chi connectivity index (χ0) is 28.3. The van der Waals surface area contributed by atoms with Crippen LogP contribution in [0.1, 0.15) is 48.0 Å². The van der Waals surface area contributed by atoms with Gasteiger partial charge >= 0.3 is 0 Å². The van der Waals surface area contributed by atoms with Crippen LogP contribution in [0.25, 0.3) is 11.1 Å². The van der Waals surface area contributed by atoms with E-state index in [9.17, 15) is 5.26 Å². The second kappa shape index (κ2) is 14.1. The van der Waals surface area contributed by atoms with Gasteiger partial charge in [0.2, 0.25) is 5.88 Å². The number of hydrogen-bond donors (Lipinski definition) is 0. The van der Waals surface area contributed by atoms with Gasteiger partial charge in [-0.3, -0.25) is 0 Å². The summed E-state index contributed by atoms with van der Waals surface area (Å²) in [5.74, 6) is 2.99. The van der Waals surface area contributed by atoms with E-state index >= 15 is 0 Å². The summed E-state index contributed by atoms with van der Waals surface area (Å²) in [5.41, 5.74) is 5.64. The summed E-state index contributed by atoms with van der Waals surface area (Å²) in [6, 6.07) is 23.7. The fourth-order valence-electron chi connectivity index (χ4n) is 4.45. The molecular formula is C33H35N3O4. The van der Waals surface area contributed by atoms with Crippen molar-refractivity contribution in [1.82, 2.24) is 9.97 Å². The van der Waals surface area contributed by atoms with Crippen LogP contribution >= 0.6 is 0 Å². The highest BCUT2D eigenvalue weighted by Gasteiger charge is 2.17. The molecule has 0 spiro atoms. The van der Waals surface area contributed by atoms with E-state index in [1.54, 1.807) is 20.3 Å². The molecule has 0 aliphatic carbocycles. The third kappa shape index (κ3) is 7.16. The molecule has 0 aliphatic rings. The molecule has 0 saturated heterocycles. The first-order valence-corrected chi connectivity index (χ1v) is 13.5. The van der Waals surface area contributed by atoms with E-state index in [1.807, 2.05) is 43.3 Å². The number of nitrogens with zero attached hydrogens (tertiary/aromatic N) is 3. The van der Waals surface area contributed by atoms with Gasteiger partial charge in [0.25, 0.3) is 0 Å². The van der Waals surface area contributed by atoms with E-state index < -0.39 is 0 Å². The minimum atomic E-state index is 0.421. The monoisotopic (exact) mass is 537 g/mol. The van der Waals surface area contributed by atoms with Crippen LogP contribution in [-0.4, -0.2) is 37.4 Å². The Morgan fingerprint density at radius 2 is 1.70 bits per heavy atom. The van der Waals surface area contributed by atoms with Crippen molar-refractivity contribution >= 4 is 0 Å². The van der Waals surface area contributed by atoms with Crippen LogP contribution in [-0.2, 0) is 17.6 Å². The molecule has 0 N–H and O–H groups in total. The van der Waals surface area contributed by atoms with Gasteiger partial charge in [-0.1, -0.05) is 55.8 Å². The molecule has 1 heterocycles. The lowest BCUT2D eigenvalue weighted by molar-refractivity contribution is 0.144. The van der Waals surface area contributed by atoms with Gasteiger partial charge in [0, 0.05) is 25.2 Å². The number of unbranched alkanes of at least 4 members (excludes halogenated alkanes) is 1. The summed E-state index contributed by atoms with van der Waals surface area (Å²) < 4.78 is 22.8. The highest BCUT2D eigenvalue weighted by Crippen LogP contribution is 2.35. The molecule has 0 saturated carbocycles. The highest BCUT2D eigenvalue weighted by atomic mass is 16.5. The molecule has 7 nitrogen and oxygen atoms in total.